The van der Waals surface area contributed by atoms with Gasteiger partial charge in [0, 0.05) is 6.20 Å². The first-order valence-corrected chi connectivity index (χ1v) is 6.02. The summed E-state index contributed by atoms with van der Waals surface area (Å²) in [6.45, 7) is 0.840. The molecule has 2 amide bonds. The third-order valence-corrected chi connectivity index (χ3v) is 2.82. The molecule has 0 spiro atoms. The topological polar surface area (TPSA) is 83.1 Å². The Kier molecular flexibility index (Phi) is 4.25. The molecule has 18 heavy (non-hydrogen) atoms. The number of carbonyl (C=O) groups excluding carboxylic acids is 2. The standard InChI is InChI=1S/C12H16N4O2/c17-11(9-5-1-3-7-13-9)15-16-12(18)10-6-2-4-8-14-10/h1,3,5,7,10,14H,2,4,6,8H2,(H,15,17)(H,16,18). The van der Waals surface area contributed by atoms with Gasteiger partial charge in [0.2, 0.25) is 0 Å². The number of rotatable bonds is 2. The van der Waals surface area contributed by atoms with E-state index in [0.717, 1.165) is 25.8 Å². The Labute approximate surface area is 105 Å². The van der Waals surface area contributed by atoms with Crippen LogP contribution >= 0.6 is 0 Å². The van der Waals surface area contributed by atoms with E-state index in [-0.39, 0.29) is 17.6 Å². The number of piperidine rings is 1. The van der Waals surface area contributed by atoms with Crippen molar-refractivity contribution in [2.45, 2.75) is 25.3 Å². The quantitative estimate of drug-likeness (QED) is 0.643. The van der Waals surface area contributed by atoms with Crippen molar-refractivity contribution in [2.24, 2.45) is 0 Å². The summed E-state index contributed by atoms with van der Waals surface area (Å²) in [5.74, 6) is -0.626. The van der Waals surface area contributed by atoms with Gasteiger partial charge in [-0.3, -0.25) is 25.4 Å². The molecule has 0 radical (unpaired) electrons. The van der Waals surface area contributed by atoms with E-state index in [2.05, 4.69) is 21.2 Å². The van der Waals surface area contributed by atoms with Crippen molar-refractivity contribution in [1.29, 1.82) is 0 Å². The van der Waals surface area contributed by atoms with Gasteiger partial charge in [0.15, 0.2) is 0 Å². The highest BCUT2D eigenvalue weighted by Gasteiger charge is 2.20. The molecule has 1 atom stereocenters. The molecule has 1 saturated heterocycles. The summed E-state index contributed by atoms with van der Waals surface area (Å²) in [4.78, 5) is 27.2. The second-order valence-electron chi connectivity index (χ2n) is 4.16. The second kappa shape index (κ2) is 6.11. The Morgan fingerprint density at radius 1 is 1.28 bits per heavy atom. The molecule has 3 N–H and O–H groups in total. The number of carbonyl (C=O) groups is 2. The van der Waals surface area contributed by atoms with E-state index < -0.39 is 5.91 Å². The van der Waals surface area contributed by atoms with E-state index in [0.29, 0.717) is 0 Å². The highest BCUT2D eigenvalue weighted by molar-refractivity contribution is 5.94. The predicted octanol–water partition coefficient (Wildman–Crippen LogP) is -0.0153. The minimum atomic E-state index is -0.417. The molecule has 1 aromatic heterocycles. The minimum absolute atomic E-state index is 0.209. The summed E-state index contributed by atoms with van der Waals surface area (Å²) in [5.41, 5.74) is 5.04. The molecule has 96 valence electrons. The molecule has 1 aliphatic rings. The molecule has 1 aliphatic heterocycles. The molecule has 6 nitrogen and oxygen atoms in total. The molecule has 1 unspecified atom stereocenters. The fourth-order valence-electron chi connectivity index (χ4n) is 1.84. The zero-order chi connectivity index (χ0) is 12.8. The third-order valence-electron chi connectivity index (χ3n) is 2.82. The number of hydrogen-bond acceptors (Lipinski definition) is 4. The average molecular weight is 248 g/mol. The Morgan fingerprint density at radius 3 is 2.83 bits per heavy atom. The number of pyridine rings is 1. The summed E-state index contributed by atoms with van der Waals surface area (Å²) in [6, 6.07) is 4.80. The smallest absolute Gasteiger partial charge is 0.288 e. The van der Waals surface area contributed by atoms with Gasteiger partial charge < -0.3 is 5.32 Å². The van der Waals surface area contributed by atoms with Crippen molar-refractivity contribution in [3.05, 3.63) is 30.1 Å². The van der Waals surface area contributed by atoms with Crippen molar-refractivity contribution < 1.29 is 9.59 Å². The van der Waals surface area contributed by atoms with E-state index >= 15 is 0 Å². The fraction of sp³-hybridized carbons (Fsp3) is 0.417. The SMILES string of the molecule is O=C(NNC(=O)C1CCCCN1)c1ccccn1. The Hall–Kier alpha value is -1.95. The summed E-state index contributed by atoms with van der Waals surface area (Å²) in [5, 5.41) is 3.10. The molecule has 0 aromatic carbocycles. The first kappa shape index (κ1) is 12.5. The van der Waals surface area contributed by atoms with Crippen molar-refractivity contribution >= 4 is 11.8 Å². The number of nitrogens with zero attached hydrogens (tertiary/aromatic N) is 1. The molecule has 2 rings (SSSR count). The lowest BCUT2D eigenvalue weighted by atomic mass is 10.0. The van der Waals surface area contributed by atoms with Crippen molar-refractivity contribution in [1.82, 2.24) is 21.2 Å². The Bertz CT molecular complexity index is 415. The molecular formula is C12H16N4O2. The number of hydrogen-bond donors (Lipinski definition) is 3. The van der Waals surface area contributed by atoms with Gasteiger partial charge in [0.05, 0.1) is 6.04 Å². The maximum Gasteiger partial charge on any atom is 0.288 e. The van der Waals surface area contributed by atoms with Crippen LogP contribution in [-0.4, -0.2) is 29.4 Å². The zero-order valence-corrected chi connectivity index (χ0v) is 9.98. The largest absolute Gasteiger partial charge is 0.306 e. The molecule has 0 saturated carbocycles. The number of amides is 2. The molecular weight excluding hydrogens is 232 g/mol. The molecule has 6 heteroatoms. The van der Waals surface area contributed by atoms with Crippen LogP contribution in [0.3, 0.4) is 0 Å². The summed E-state index contributed by atoms with van der Waals surface area (Å²) < 4.78 is 0. The van der Waals surface area contributed by atoms with Gasteiger partial charge in [0.25, 0.3) is 11.8 Å². The normalized spacial score (nSPS) is 19.0. The molecule has 1 fully saturated rings. The highest BCUT2D eigenvalue weighted by Crippen LogP contribution is 2.06. The summed E-state index contributed by atoms with van der Waals surface area (Å²) in [6.07, 6.45) is 4.44. The summed E-state index contributed by atoms with van der Waals surface area (Å²) in [7, 11) is 0. The van der Waals surface area contributed by atoms with Gasteiger partial charge in [-0.15, -0.1) is 0 Å². The monoisotopic (exact) mass is 248 g/mol. The van der Waals surface area contributed by atoms with E-state index in [4.69, 9.17) is 0 Å². The van der Waals surface area contributed by atoms with Gasteiger partial charge in [-0.1, -0.05) is 12.5 Å². The molecule has 1 aromatic rings. The van der Waals surface area contributed by atoms with Gasteiger partial charge in [-0.2, -0.15) is 0 Å². The van der Waals surface area contributed by atoms with Crippen LogP contribution in [0.15, 0.2) is 24.4 Å². The van der Waals surface area contributed by atoms with Crippen LogP contribution in [0.4, 0.5) is 0 Å². The van der Waals surface area contributed by atoms with Crippen LogP contribution in [0.2, 0.25) is 0 Å². The maximum absolute atomic E-state index is 11.7. The van der Waals surface area contributed by atoms with Crippen LogP contribution in [-0.2, 0) is 4.79 Å². The Morgan fingerprint density at radius 2 is 2.17 bits per heavy atom. The highest BCUT2D eigenvalue weighted by atomic mass is 16.2. The minimum Gasteiger partial charge on any atom is -0.306 e. The lowest BCUT2D eigenvalue weighted by molar-refractivity contribution is -0.124. The van der Waals surface area contributed by atoms with E-state index in [1.54, 1.807) is 18.2 Å². The van der Waals surface area contributed by atoms with Gasteiger partial charge in [0.1, 0.15) is 5.69 Å². The predicted molar refractivity (Wildman–Crippen MR) is 65.5 cm³/mol. The van der Waals surface area contributed by atoms with Crippen LogP contribution in [0.5, 0.6) is 0 Å². The Balaban J connectivity index is 1.80. The summed E-state index contributed by atoms with van der Waals surface area (Å²) >= 11 is 0. The number of aromatic nitrogens is 1. The van der Waals surface area contributed by atoms with Crippen LogP contribution < -0.4 is 16.2 Å². The lowest BCUT2D eigenvalue weighted by Crippen LogP contribution is -2.52. The molecule has 0 aliphatic carbocycles. The van der Waals surface area contributed by atoms with Crippen LogP contribution in [0.1, 0.15) is 29.8 Å². The van der Waals surface area contributed by atoms with Crippen molar-refractivity contribution in [3.63, 3.8) is 0 Å². The lowest BCUT2D eigenvalue weighted by Gasteiger charge is -2.22. The number of nitrogens with one attached hydrogen (secondary N) is 3. The third kappa shape index (κ3) is 3.27. The van der Waals surface area contributed by atoms with Crippen LogP contribution in [0, 0.1) is 0 Å². The van der Waals surface area contributed by atoms with Crippen LogP contribution in [0.25, 0.3) is 0 Å². The maximum atomic E-state index is 11.7. The van der Waals surface area contributed by atoms with E-state index in [9.17, 15) is 9.59 Å². The van der Waals surface area contributed by atoms with Gasteiger partial charge in [-0.05, 0) is 31.5 Å². The van der Waals surface area contributed by atoms with Crippen molar-refractivity contribution in [3.8, 4) is 0 Å². The first-order valence-electron chi connectivity index (χ1n) is 6.02. The number of hydrazine groups is 1. The second-order valence-corrected chi connectivity index (χ2v) is 4.16. The fourth-order valence-corrected chi connectivity index (χ4v) is 1.84. The van der Waals surface area contributed by atoms with Crippen molar-refractivity contribution in [2.75, 3.05) is 6.54 Å². The van der Waals surface area contributed by atoms with Gasteiger partial charge >= 0.3 is 0 Å². The molecule has 2 heterocycles. The molecule has 0 bridgehead atoms. The zero-order valence-electron chi connectivity index (χ0n) is 9.98. The van der Waals surface area contributed by atoms with E-state index in [1.807, 2.05) is 0 Å². The van der Waals surface area contributed by atoms with Gasteiger partial charge in [-0.25, -0.2) is 0 Å². The average Bonchev–Trinajstić information content (AvgIpc) is 2.46. The van der Waals surface area contributed by atoms with E-state index in [1.165, 1.54) is 6.20 Å². The first-order chi connectivity index (χ1) is 8.77.